The lowest BCUT2D eigenvalue weighted by Gasteiger charge is -2.39. The number of alkyl halides is 1. The van der Waals surface area contributed by atoms with Gasteiger partial charge in [-0.15, -0.1) is 0 Å². The van der Waals surface area contributed by atoms with Gasteiger partial charge in [0.15, 0.2) is 0 Å². The molecule has 2 aliphatic rings. The molecule has 6 heteroatoms. The summed E-state index contributed by atoms with van der Waals surface area (Å²) in [6, 6.07) is 13.3. The van der Waals surface area contributed by atoms with Gasteiger partial charge in [0.05, 0.1) is 17.7 Å². The van der Waals surface area contributed by atoms with E-state index in [1.54, 1.807) is 19.9 Å². The van der Waals surface area contributed by atoms with Gasteiger partial charge in [0.1, 0.15) is 11.5 Å². The molecule has 0 bridgehead atoms. The lowest BCUT2D eigenvalue weighted by atomic mass is 9.89. The van der Waals surface area contributed by atoms with Crippen LogP contribution in [0.2, 0.25) is 0 Å². The van der Waals surface area contributed by atoms with Crippen molar-refractivity contribution in [1.82, 2.24) is 9.80 Å². The number of piperidine rings is 2. The number of nitrogens with two attached hydrogens (primary N) is 1. The maximum Gasteiger partial charge on any atom is 0.133 e. The largest absolute Gasteiger partial charge is 0.401 e. The molecule has 0 radical (unpaired) electrons. The zero-order chi connectivity index (χ0) is 28.2. The van der Waals surface area contributed by atoms with Crippen molar-refractivity contribution in [2.24, 2.45) is 11.7 Å². The Morgan fingerprint density at radius 3 is 2.46 bits per heavy atom. The third kappa shape index (κ3) is 7.28. The molecule has 0 aromatic heterocycles. The van der Waals surface area contributed by atoms with Gasteiger partial charge in [-0.2, -0.15) is 5.26 Å². The molecule has 4 nitrogen and oxygen atoms in total. The summed E-state index contributed by atoms with van der Waals surface area (Å²) in [5.74, 6) is 0.250. The molecular formula is C33H42F2N4. The Bertz CT molecular complexity index is 1230. The number of nitrogens with zero attached hydrogens (tertiary/aromatic N) is 3. The van der Waals surface area contributed by atoms with Crippen LogP contribution in [-0.4, -0.2) is 47.7 Å². The first-order valence-corrected chi connectivity index (χ1v) is 14.2. The van der Waals surface area contributed by atoms with Gasteiger partial charge in [-0.05, 0) is 113 Å². The van der Waals surface area contributed by atoms with Gasteiger partial charge in [0, 0.05) is 30.0 Å². The Hall–Kier alpha value is -3.17. The molecular weight excluding hydrogens is 490 g/mol. The lowest BCUT2D eigenvalue weighted by molar-refractivity contribution is 0.0943. The van der Waals surface area contributed by atoms with Crippen molar-refractivity contribution >= 4 is 5.70 Å². The van der Waals surface area contributed by atoms with Crippen LogP contribution in [0.1, 0.15) is 69.1 Å². The van der Waals surface area contributed by atoms with Crippen LogP contribution in [0.3, 0.4) is 0 Å². The fourth-order valence-electron chi connectivity index (χ4n) is 6.14. The second-order valence-corrected chi connectivity index (χ2v) is 11.9. The van der Waals surface area contributed by atoms with Crippen molar-refractivity contribution in [2.45, 2.75) is 70.5 Å². The van der Waals surface area contributed by atoms with Crippen LogP contribution in [0.4, 0.5) is 8.78 Å². The Morgan fingerprint density at radius 1 is 1.08 bits per heavy atom. The van der Waals surface area contributed by atoms with Crippen LogP contribution in [0.15, 0.2) is 55.3 Å². The summed E-state index contributed by atoms with van der Waals surface area (Å²) in [4.78, 5) is 4.28. The molecule has 0 aliphatic carbocycles. The fourth-order valence-corrected chi connectivity index (χ4v) is 6.14. The monoisotopic (exact) mass is 532 g/mol. The summed E-state index contributed by atoms with van der Waals surface area (Å²) >= 11 is 0. The van der Waals surface area contributed by atoms with Crippen molar-refractivity contribution in [3.05, 3.63) is 77.8 Å². The zero-order valence-corrected chi connectivity index (χ0v) is 23.5. The minimum Gasteiger partial charge on any atom is -0.401 e. The number of hydrogen-bond acceptors (Lipinski definition) is 4. The van der Waals surface area contributed by atoms with Crippen LogP contribution in [0.25, 0.3) is 16.8 Å². The Balaban J connectivity index is 1.41. The molecule has 0 spiro atoms. The summed E-state index contributed by atoms with van der Waals surface area (Å²) in [5, 5.41) is 9.89. The van der Waals surface area contributed by atoms with Crippen molar-refractivity contribution in [3.63, 3.8) is 0 Å². The molecule has 2 heterocycles. The number of likely N-dealkylation sites (tertiary alicyclic amines) is 2. The fraction of sp³-hybridized carbons (Fsp3) is 0.485. The average Bonchev–Trinajstić information content (AvgIpc) is 2.91. The third-order valence-corrected chi connectivity index (χ3v) is 8.22. The van der Waals surface area contributed by atoms with E-state index in [9.17, 15) is 9.65 Å². The standard InChI is InChI=1S/C33H42F2N4/c1-23(37)32-7-5-6-16-39(32)24(2)29-13-11-27(20-31(29)34)30-12-10-26(19-28(30)21-36)9-8-25-14-17-38(18-15-25)22-33(3,4)35/h10-13,19-20,25,32H,1-2,5-9,14-18,22,37H2,3-4H3. The number of rotatable bonds is 9. The minimum atomic E-state index is -1.16. The SMILES string of the molecule is C=C(N)C1CCCCN1C(=C)c1ccc(-c2ccc(CCC3CCN(CC(C)(C)F)CC3)cc2C#N)cc1F. The van der Waals surface area contributed by atoms with Crippen molar-refractivity contribution in [2.75, 3.05) is 26.2 Å². The van der Waals surface area contributed by atoms with Gasteiger partial charge < -0.3 is 15.5 Å². The number of aryl methyl sites for hydroxylation is 1. The van der Waals surface area contributed by atoms with Gasteiger partial charge >= 0.3 is 0 Å². The predicted octanol–water partition coefficient (Wildman–Crippen LogP) is 7.05. The van der Waals surface area contributed by atoms with Crippen molar-refractivity contribution in [3.8, 4) is 17.2 Å². The van der Waals surface area contributed by atoms with Crippen LogP contribution in [-0.2, 0) is 6.42 Å². The number of nitriles is 1. The second-order valence-electron chi connectivity index (χ2n) is 11.9. The number of benzene rings is 2. The Labute approximate surface area is 232 Å². The molecule has 2 fully saturated rings. The molecule has 2 N–H and O–H groups in total. The first-order valence-electron chi connectivity index (χ1n) is 14.2. The molecule has 4 rings (SSSR count). The molecule has 0 amide bonds. The number of hydrogen-bond donors (Lipinski definition) is 1. The van der Waals surface area contributed by atoms with Gasteiger partial charge in [0.2, 0.25) is 0 Å². The highest BCUT2D eigenvalue weighted by molar-refractivity contribution is 5.74. The van der Waals surface area contributed by atoms with Crippen LogP contribution in [0.5, 0.6) is 0 Å². The molecule has 2 saturated heterocycles. The molecule has 2 aliphatic heterocycles. The van der Waals surface area contributed by atoms with E-state index in [0.29, 0.717) is 40.5 Å². The van der Waals surface area contributed by atoms with E-state index in [1.165, 1.54) is 6.07 Å². The van der Waals surface area contributed by atoms with E-state index < -0.39 is 5.67 Å². The average molecular weight is 533 g/mol. The maximum atomic E-state index is 15.4. The van der Waals surface area contributed by atoms with E-state index in [4.69, 9.17) is 5.73 Å². The van der Waals surface area contributed by atoms with Gasteiger partial charge in [-0.3, -0.25) is 0 Å². The molecule has 208 valence electrons. The van der Waals surface area contributed by atoms with Crippen LogP contribution in [0, 0.1) is 23.1 Å². The molecule has 2 aromatic carbocycles. The highest BCUT2D eigenvalue weighted by Gasteiger charge is 2.27. The smallest absolute Gasteiger partial charge is 0.133 e. The van der Waals surface area contributed by atoms with E-state index in [-0.39, 0.29) is 11.9 Å². The normalized spacial score (nSPS) is 19.1. The Kier molecular flexibility index (Phi) is 9.12. The van der Waals surface area contributed by atoms with Gasteiger partial charge in [-0.25, -0.2) is 8.78 Å². The summed E-state index contributed by atoms with van der Waals surface area (Å²) < 4.78 is 29.3. The highest BCUT2D eigenvalue weighted by Crippen LogP contribution is 2.33. The molecule has 2 aromatic rings. The first-order chi connectivity index (χ1) is 18.6. The quantitative estimate of drug-likeness (QED) is 0.376. The van der Waals surface area contributed by atoms with Crippen LogP contribution >= 0.6 is 0 Å². The summed E-state index contributed by atoms with van der Waals surface area (Å²) in [6.45, 7) is 14.5. The topological polar surface area (TPSA) is 56.3 Å². The van der Waals surface area contributed by atoms with E-state index in [2.05, 4.69) is 29.0 Å². The lowest BCUT2D eigenvalue weighted by Crippen LogP contribution is -2.41. The second kappa shape index (κ2) is 12.3. The summed E-state index contributed by atoms with van der Waals surface area (Å²) in [6.07, 6.45) is 7.07. The summed E-state index contributed by atoms with van der Waals surface area (Å²) in [7, 11) is 0. The van der Waals surface area contributed by atoms with E-state index in [1.807, 2.05) is 24.3 Å². The zero-order valence-electron chi connectivity index (χ0n) is 23.5. The molecule has 0 saturated carbocycles. The van der Waals surface area contributed by atoms with Crippen molar-refractivity contribution in [1.29, 1.82) is 5.26 Å². The molecule has 39 heavy (non-hydrogen) atoms. The van der Waals surface area contributed by atoms with E-state index >= 15 is 4.39 Å². The van der Waals surface area contributed by atoms with E-state index in [0.717, 1.165) is 75.7 Å². The molecule has 1 atom stereocenters. The predicted molar refractivity (Wildman–Crippen MR) is 156 cm³/mol. The maximum absolute atomic E-state index is 15.4. The van der Waals surface area contributed by atoms with Gasteiger partial charge in [-0.1, -0.05) is 31.4 Å². The highest BCUT2D eigenvalue weighted by atomic mass is 19.1. The Morgan fingerprint density at radius 2 is 1.82 bits per heavy atom. The first kappa shape index (κ1) is 28.8. The summed E-state index contributed by atoms with van der Waals surface area (Å²) in [5.41, 5.74) is 9.59. The van der Waals surface area contributed by atoms with Crippen molar-refractivity contribution < 1.29 is 8.78 Å². The molecule has 1 unspecified atom stereocenters. The minimum absolute atomic E-state index is 0.0297. The van der Waals surface area contributed by atoms with Gasteiger partial charge in [0.25, 0.3) is 0 Å². The van der Waals surface area contributed by atoms with Crippen LogP contribution < -0.4 is 5.73 Å². The third-order valence-electron chi connectivity index (χ3n) is 8.22. The number of halogens is 2.